The zero-order chi connectivity index (χ0) is 19.2. The van der Waals surface area contributed by atoms with Crippen molar-refractivity contribution in [2.45, 2.75) is 45.3 Å². The largest absolute Gasteiger partial charge is 0.459 e. The summed E-state index contributed by atoms with van der Waals surface area (Å²) in [4.78, 5) is 18.1. The Bertz CT molecular complexity index is 635. The van der Waals surface area contributed by atoms with Crippen LogP contribution in [0.1, 0.15) is 33.6 Å². The highest BCUT2D eigenvalue weighted by molar-refractivity contribution is 5.84. The third-order valence-electron chi connectivity index (χ3n) is 4.05. The topological polar surface area (TPSA) is 66.0 Å². The summed E-state index contributed by atoms with van der Waals surface area (Å²) in [5.74, 6) is 0.0518. The number of halogens is 1. The normalized spacial score (nSPS) is 16.3. The molecule has 1 heterocycles. The van der Waals surface area contributed by atoms with E-state index in [0.29, 0.717) is 5.96 Å². The van der Waals surface area contributed by atoms with E-state index in [2.05, 4.69) is 20.5 Å². The fourth-order valence-electron chi connectivity index (χ4n) is 2.88. The Labute approximate surface area is 154 Å². The first-order chi connectivity index (χ1) is 12.3. The lowest BCUT2D eigenvalue weighted by Gasteiger charge is -2.34. The Kier molecular flexibility index (Phi) is 6.83. The van der Waals surface area contributed by atoms with Crippen molar-refractivity contribution in [1.29, 1.82) is 0 Å². The number of piperidine rings is 1. The minimum Gasteiger partial charge on any atom is -0.459 e. The van der Waals surface area contributed by atoms with Gasteiger partial charge in [-0.15, -0.1) is 0 Å². The van der Waals surface area contributed by atoms with Crippen LogP contribution in [0.3, 0.4) is 0 Å². The lowest BCUT2D eigenvalue weighted by atomic mass is 10.0. The fourth-order valence-corrected chi connectivity index (χ4v) is 2.88. The number of nitrogens with one attached hydrogen (secondary N) is 2. The summed E-state index contributed by atoms with van der Waals surface area (Å²) in [5, 5.41) is 6.33. The molecule has 0 amide bonds. The van der Waals surface area contributed by atoms with Crippen LogP contribution < -0.4 is 15.5 Å². The number of aliphatic imine (C=N–C) groups is 1. The molecule has 1 fully saturated rings. The monoisotopic (exact) mass is 364 g/mol. The van der Waals surface area contributed by atoms with E-state index in [4.69, 9.17) is 4.74 Å². The Morgan fingerprint density at radius 1 is 1.35 bits per heavy atom. The number of carbonyl (C=O) groups is 1. The van der Waals surface area contributed by atoms with E-state index in [-0.39, 0.29) is 24.4 Å². The van der Waals surface area contributed by atoms with E-state index >= 15 is 0 Å². The van der Waals surface area contributed by atoms with Gasteiger partial charge in [0.05, 0.1) is 0 Å². The average Bonchev–Trinajstić information content (AvgIpc) is 2.57. The van der Waals surface area contributed by atoms with E-state index in [1.54, 1.807) is 19.2 Å². The highest BCUT2D eigenvalue weighted by Crippen LogP contribution is 2.20. The van der Waals surface area contributed by atoms with Gasteiger partial charge in [-0.25, -0.2) is 4.39 Å². The first-order valence-electron chi connectivity index (χ1n) is 8.96. The van der Waals surface area contributed by atoms with E-state index in [0.717, 1.165) is 31.6 Å². The number of ether oxygens (including phenoxy) is 1. The van der Waals surface area contributed by atoms with E-state index < -0.39 is 5.60 Å². The van der Waals surface area contributed by atoms with Gasteiger partial charge in [-0.1, -0.05) is 6.07 Å². The zero-order valence-corrected chi connectivity index (χ0v) is 16.0. The molecule has 6 nitrogen and oxygen atoms in total. The smallest absolute Gasteiger partial charge is 0.325 e. The SMILES string of the molecule is CN=C(NCC(=O)OC(C)(C)C)NC1CCN(c2cccc(F)c2)CC1. The highest BCUT2D eigenvalue weighted by Gasteiger charge is 2.21. The average molecular weight is 364 g/mol. The number of guanidine groups is 1. The summed E-state index contributed by atoms with van der Waals surface area (Å²) >= 11 is 0. The summed E-state index contributed by atoms with van der Waals surface area (Å²) in [7, 11) is 1.67. The third-order valence-corrected chi connectivity index (χ3v) is 4.05. The third kappa shape index (κ3) is 6.54. The minimum atomic E-state index is -0.501. The molecular weight excluding hydrogens is 335 g/mol. The Balaban J connectivity index is 1.77. The number of esters is 1. The number of nitrogens with zero attached hydrogens (tertiary/aromatic N) is 2. The van der Waals surface area contributed by atoms with Crippen molar-refractivity contribution >= 4 is 17.6 Å². The molecule has 0 aromatic heterocycles. The van der Waals surface area contributed by atoms with Gasteiger partial charge in [0.15, 0.2) is 5.96 Å². The molecule has 0 radical (unpaired) electrons. The number of rotatable bonds is 4. The van der Waals surface area contributed by atoms with E-state index in [1.165, 1.54) is 6.07 Å². The molecule has 26 heavy (non-hydrogen) atoms. The molecule has 0 saturated carbocycles. The number of carbonyl (C=O) groups excluding carboxylic acids is 1. The van der Waals surface area contributed by atoms with Crippen LogP contribution >= 0.6 is 0 Å². The molecule has 0 aliphatic carbocycles. The summed E-state index contributed by atoms with van der Waals surface area (Å²) in [6.07, 6.45) is 1.81. The van der Waals surface area contributed by atoms with Crippen LogP contribution in [0.25, 0.3) is 0 Å². The van der Waals surface area contributed by atoms with E-state index in [9.17, 15) is 9.18 Å². The standard InChI is InChI=1S/C19H29FN4O2/c1-19(2,3)26-17(25)13-22-18(21-4)23-15-8-10-24(11-9-15)16-7-5-6-14(20)12-16/h5-7,12,15H,8-11,13H2,1-4H3,(H2,21,22,23). The molecule has 2 rings (SSSR count). The second-order valence-corrected chi connectivity index (χ2v) is 7.40. The number of hydrogen-bond acceptors (Lipinski definition) is 4. The molecular formula is C19H29FN4O2. The van der Waals surface area contributed by atoms with Gasteiger partial charge in [-0.2, -0.15) is 0 Å². The van der Waals surface area contributed by atoms with Crippen molar-refractivity contribution in [3.63, 3.8) is 0 Å². The Hall–Kier alpha value is -2.31. The number of benzene rings is 1. The summed E-state index contributed by atoms with van der Waals surface area (Å²) < 4.78 is 18.6. The van der Waals surface area contributed by atoms with Gasteiger partial charge in [-0.3, -0.25) is 9.79 Å². The van der Waals surface area contributed by atoms with Crippen LogP contribution in [-0.4, -0.2) is 50.3 Å². The fraction of sp³-hybridized carbons (Fsp3) is 0.579. The van der Waals surface area contributed by atoms with Crippen molar-refractivity contribution in [2.75, 3.05) is 31.6 Å². The van der Waals surface area contributed by atoms with Crippen molar-refractivity contribution in [1.82, 2.24) is 10.6 Å². The minimum absolute atomic E-state index is 0.0685. The molecule has 1 aromatic carbocycles. The molecule has 0 unspecified atom stereocenters. The molecule has 144 valence electrons. The van der Waals surface area contributed by atoms with Gasteiger partial charge < -0.3 is 20.3 Å². The second kappa shape index (κ2) is 8.87. The summed E-state index contributed by atoms with van der Waals surface area (Å²) in [6, 6.07) is 6.94. The van der Waals surface area contributed by atoms with Gasteiger partial charge in [0, 0.05) is 31.9 Å². The summed E-state index contributed by atoms with van der Waals surface area (Å²) in [5.41, 5.74) is 0.412. The van der Waals surface area contributed by atoms with Crippen LogP contribution in [0.5, 0.6) is 0 Å². The maximum Gasteiger partial charge on any atom is 0.325 e. The summed E-state index contributed by atoms with van der Waals surface area (Å²) in [6.45, 7) is 7.26. The van der Waals surface area contributed by atoms with Gasteiger partial charge >= 0.3 is 5.97 Å². The first kappa shape index (κ1) is 20.0. The van der Waals surface area contributed by atoms with E-state index in [1.807, 2.05) is 26.8 Å². The molecule has 0 bridgehead atoms. The lowest BCUT2D eigenvalue weighted by molar-refractivity contribution is -0.153. The van der Waals surface area contributed by atoms with Gasteiger partial charge in [0.25, 0.3) is 0 Å². The van der Waals surface area contributed by atoms with Gasteiger partial charge in [0.1, 0.15) is 18.0 Å². The maximum absolute atomic E-state index is 13.4. The predicted molar refractivity (Wildman–Crippen MR) is 102 cm³/mol. The van der Waals surface area contributed by atoms with Crippen LogP contribution in [0, 0.1) is 5.82 Å². The van der Waals surface area contributed by atoms with Crippen molar-refractivity contribution in [3.8, 4) is 0 Å². The quantitative estimate of drug-likeness (QED) is 0.488. The van der Waals surface area contributed by atoms with Gasteiger partial charge in [0.2, 0.25) is 0 Å². The molecule has 0 atom stereocenters. The Morgan fingerprint density at radius 3 is 2.62 bits per heavy atom. The molecule has 1 aliphatic rings. The van der Waals surface area contributed by atoms with Crippen molar-refractivity contribution < 1.29 is 13.9 Å². The van der Waals surface area contributed by atoms with Crippen LogP contribution in [0.2, 0.25) is 0 Å². The van der Waals surface area contributed by atoms with Crippen LogP contribution in [0.15, 0.2) is 29.3 Å². The van der Waals surface area contributed by atoms with Crippen molar-refractivity contribution in [2.24, 2.45) is 4.99 Å². The molecule has 1 aliphatic heterocycles. The molecule has 1 aromatic rings. The zero-order valence-electron chi connectivity index (χ0n) is 16.0. The Morgan fingerprint density at radius 2 is 2.04 bits per heavy atom. The first-order valence-corrected chi connectivity index (χ1v) is 8.96. The molecule has 0 spiro atoms. The maximum atomic E-state index is 13.4. The predicted octanol–water partition coefficient (Wildman–Crippen LogP) is 2.30. The molecule has 7 heteroatoms. The molecule has 1 saturated heterocycles. The van der Waals surface area contributed by atoms with Crippen molar-refractivity contribution in [3.05, 3.63) is 30.1 Å². The second-order valence-electron chi connectivity index (χ2n) is 7.40. The number of hydrogen-bond donors (Lipinski definition) is 2. The highest BCUT2D eigenvalue weighted by atomic mass is 19.1. The lowest BCUT2D eigenvalue weighted by Crippen LogP contribution is -2.50. The van der Waals surface area contributed by atoms with Crippen LogP contribution in [0.4, 0.5) is 10.1 Å². The van der Waals surface area contributed by atoms with Gasteiger partial charge in [-0.05, 0) is 51.8 Å². The molecule has 2 N–H and O–H groups in total. The van der Waals surface area contributed by atoms with Crippen LogP contribution in [-0.2, 0) is 9.53 Å². The number of anilines is 1.